The molecule has 142 valence electrons. The Bertz CT molecular complexity index is 948. The van der Waals surface area contributed by atoms with E-state index in [4.69, 9.17) is 4.74 Å². The Kier molecular flexibility index (Phi) is 5.39. The molecule has 1 heterocycles. The van der Waals surface area contributed by atoms with Gasteiger partial charge in [0.25, 0.3) is 0 Å². The van der Waals surface area contributed by atoms with E-state index in [0.717, 1.165) is 16.5 Å². The van der Waals surface area contributed by atoms with Gasteiger partial charge in [0, 0.05) is 30.4 Å². The van der Waals surface area contributed by atoms with Crippen LogP contribution in [0.1, 0.15) is 18.1 Å². The Morgan fingerprint density at radius 3 is 2.70 bits per heavy atom. The number of nitrogens with one attached hydrogen (secondary N) is 2. The van der Waals surface area contributed by atoms with E-state index in [1.165, 1.54) is 19.1 Å². The molecule has 0 fully saturated rings. The van der Waals surface area contributed by atoms with Gasteiger partial charge in [-0.25, -0.2) is 0 Å². The number of benzene rings is 2. The SMILES string of the molecule is CC(=O)Nc1c[nH]c2ccc(CCOc3cccc(CC(F)(F)F)c3)cc12. The second kappa shape index (κ2) is 7.73. The number of H-pyrrole nitrogens is 1. The molecular formula is C20H19F3N2O2. The average molecular weight is 376 g/mol. The molecule has 0 aliphatic heterocycles. The zero-order chi connectivity index (χ0) is 19.4. The topological polar surface area (TPSA) is 54.1 Å². The average Bonchev–Trinajstić information content (AvgIpc) is 2.95. The molecule has 27 heavy (non-hydrogen) atoms. The Hall–Kier alpha value is -2.96. The Labute approximate surface area is 154 Å². The molecule has 1 amide bonds. The third kappa shape index (κ3) is 5.26. The Morgan fingerprint density at radius 2 is 1.96 bits per heavy atom. The molecule has 0 aliphatic rings. The molecule has 0 unspecified atom stereocenters. The van der Waals surface area contributed by atoms with E-state index in [-0.39, 0.29) is 11.5 Å². The van der Waals surface area contributed by atoms with Crippen molar-refractivity contribution >= 4 is 22.5 Å². The molecule has 0 saturated heterocycles. The van der Waals surface area contributed by atoms with Crippen LogP contribution in [-0.4, -0.2) is 23.7 Å². The van der Waals surface area contributed by atoms with Crippen molar-refractivity contribution in [3.63, 3.8) is 0 Å². The summed E-state index contributed by atoms with van der Waals surface area (Å²) in [5.74, 6) is 0.266. The van der Waals surface area contributed by atoms with Gasteiger partial charge in [-0.3, -0.25) is 4.79 Å². The van der Waals surface area contributed by atoms with Gasteiger partial charge in [0.15, 0.2) is 0 Å². The maximum atomic E-state index is 12.5. The third-order valence-electron chi connectivity index (χ3n) is 4.02. The molecular weight excluding hydrogens is 357 g/mol. The van der Waals surface area contributed by atoms with E-state index in [1.807, 2.05) is 18.2 Å². The highest BCUT2D eigenvalue weighted by Gasteiger charge is 2.27. The van der Waals surface area contributed by atoms with Crippen LogP contribution in [0.4, 0.5) is 18.9 Å². The first-order valence-electron chi connectivity index (χ1n) is 8.46. The lowest BCUT2D eigenvalue weighted by atomic mass is 10.1. The highest BCUT2D eigenvalue weighted by molar-refractivity contribution is 6.01. The van der Waals surface area contributed by atoms with Gasteiger partial charge in [0.2, 0.25) is 5.91 Å². The van der Waals surface area contributed by atoms with Crippen molar-refractivity contribution in [1.82, 2.24) is 4.98 Å². The van der Waals surface area contributed by atoms with Crippen molar-refractivity contribution in [3.05, 3.63) is 59.8 Å². The minimum atomic E-state index is -4.24. The zero-order valence-corrected chi connectivity index (χ0v) is 14.7. The van der Waals surface area contributed by atoms with Crippen LogP contribution >= 0.6 is 0 Å². The molecule has 3 rings (SSSR count). The van der Waals surface area contributed by atoms with Crippen LogP contribution in [0.25, 0.3) is 10.9 Å². The standard InChI is InChI=1S/C20H19F3N2O2/c1-13(26)25-19-12-24-18-6-5-14(10-17(18)19)7-8-27-16-4-2-3-15(9-16)11-20(21,22)23/h2-6,9-10,12,24H,7-8,11H2,1H3,(H,25,26). The molecule has 7 heteroatoms. The van der Waals surface area contributed by atoms with E-state index in [9.17, 15) is 18.0 Å². The first kappa shape index (κ1) is 18.8. The molecule has 2 aromatic carbocycles. The molecule has 0 bridgehead atoms. The van der Waals surface area contributed by atoms with Gasteiger partial charge >= 0.3 is 6.18 Å². The van der Waals surface area contributed by atoms with Crippen LogP contribution in [0.2, 0.25) is 0 Å². The summed E-state index contributed by atoms with van der Waals surface area (Å²) in [6.45, 7) is 1.78. The van der Waals surface area contributed by atoms with E-state index >= 15 is 0 Å². The first-order chi connectivity index (χ1) is 12.8. The number of hydrogen-bond acceptors (Lipinski definition) is 2. The molecule has 0 spiro atoms. The van der Waals surface area contributed by atoms with E-state index in [0.29, 0.717) is 24.5 Å². The van der Waals surface area contributed by atoms with Gasteiger partial charge in [-0.2, -0.15) is 13.2 Å². The molecule has 0 saturated carbocycles. The van der Waals surface area contributed by atoms with Gasteiger partial charge in [0.1, 0.15) is 5.75 Å². The van der Waals surface area contributed by atoms with Crippen molar-refractivity contribution in [3.8, 4) is 5.75 Å². The fourth-order valence-electron chi connectivity index (χ4n) is 2.88. The quantitative estimate of drug-likeness (QED) is 0.646. The summed E-state index contributed by atoms with van der Waals surface area (Å²) in [6.07, 6.45) is -2.89. The Balaban J connectivity index is 1.63. The molecule has 0 radical (unpaired) electrons. The van der Waals surface area contributed by atoms with Gasteiger partial charge in [-0.1, -0.05) is 18.2 Å². The maximum Gasteiger partial charge on any atom is 0.393 e. The number of hydrogen-bond donors (Lipinski definition) is 2. The van der Waals surface area contributed by atoms with Gasteiger partial charge in [0.05, 0.1) is 18.7 Å². The number of rotatable bonds is 6. The zero-order valence-electron chi connectivity index (χ0n) is 14.7. The fraction of sp³-hybridized carbons (Fsp3) is 0.250. The molecule has 2 N–H and O–H groups in total. The van der Waals surface area contributed by atoms with Crippen molar-refractivity contribution in [2.24, 2.45) is 0 Å². The van der Waals surface area contributed by atoms with Gasteiger partial charge < -0.3 is 15.0 Å². The van der Waals surface area contributed by atoms with Crippen LogP contribution in [0, 0.1) is 0 Å². The summed E-state index contributed by atoms with van der Waals surface area (Å²) >= 11 is 0. The number of fused-ring (bicyclic) bond motifs is 1. The summed E-state index contributed by atoms with van der Waals surface area (Å²) in [4.78, 5) is 14.4. The van der Waals surface area contributed by atoms with Crippen molar-refractivity contribution in [2.75, 3.05) is 11.9 Å². The number of carbonyl (C=O) groups is 1. The number of aromatic amines is 1. The molecule has 3 aromatic rings. The van der Waals surface area contributed by atoms with E-state index < -0.39 is 12.6 Å². The van der Waals surface area contributed by atoms with Gasteiger partial charge in [-0.05, 0) is 35.4 Å². The van der Waals surface area contributed by atoms with Crippen LogP contribution < -0.4 is 10.1 Å². The third-order valence-corrected chi connectivity index (χ3v) is 4.02. The van der Waals surface area contributed by atoms with Gasteiger partial charge in [-0.15, -0.1) is 0 Å². The second-order valence-corrected chi connectivity index (χ2v) is 6.30. The number of alkyl halides is 3. The van der Waals surface area contributed by atoms with E-state index in [1.54, 1.807) is 18.3 Å². The van der Waals surface area contributed by atoms with Crippen molar-refractivity contribution in [2.45, 2.75) is 25.9 Å². The number of carbonyl (C=O) groups excluding carboxylic acids is 1. The summed E-state index contributed by atoms with van der Waals surface area (Å²) in [7, 11) is 0. The number of aromatic nitrogens is 1. The molecule has 1 aromatic heterocycles. The predicted octanol–water partition coefficient (Wildman–Crippen LogP) is 4.85. The highest BCUT2D eigenvalue weighted by atomic mass is 19.4. The summed E-state index contributed by atoms with van der Waals surface area (Å²) < 4.78 is 43.1. The van der Waals surface area contributed by atoms with E-state index in [2.05, 4.69) is 10.3 Å². The number of anilines is 1. The highest BCUT2D eigenvalue weighted by Crippen LogP contribution is 2.25. The van der Waals surface area contributed by atoms with Crippen LogP contribution in [0.5, 0.6) is 5.75 Å². The van der Waals surface area contributed by atoms with Crippen molar-refractivity contribution in [1.29, 1.82) is 0 Å². The largest absolute Gasteiger partial charge is 0.493 e. The van der Waals surface area contributed by atoms with Crippen molar-refractivity contribution < 1.29 is 22.7 Å². The Morgan fingerprint density at radius 1 is 1.15 bits per heavy atom. The normalized spacial score (nSPS) is 11.6. The smallest absolute Gasteiger partial charge is 0.393 e. The summed E-state index contributed by atoms with van der Waals surface area (Å²) in [6, 6.07) is 11.9. The fourth-order valence-corrected chi connectivity index (χ4v) is 2.88. The maximum absolute atomic E-state index is 12.5. The van der Waals surface area contributed by atoms with Crippen LogP contribution in [0.3, 0.4) is 0 Å². The van der Waals surface area contributed by atoms with Crippen LogP contribution in [-0.2, 0) is 17.6 Å². The number of amides is 1. The molecule has 4 nitrogen and oxygen atoms in total. The summed E-state index contributed by atoms with van der Waals surface area (Å²) in [5, 5.41) is 3.67. The second-order valence-electron chi connectivity index (χ2n) is 6.30. The van der Waals surface area contributed by atoms with Crippen LogP contribution in [0.15, 0.2) is 48.7 Å². The first-order valence-corrected chi connectivity index (χ1v) is 8.46. The molecule has 0 atom stereocenters. The molecule has 0 aliphatic carbocycles. The minimum absolute atomic E-state index is 0.150. The lowest BCUT2D eigenvalue weighted by Crippen LogP contribution is -2.11. The summed E-state index contributed by atoms with van der Waals surface area (Å²) in [5.41, 5.74) is 2.79. The number of halogens is 3. The minimum Gasteiger partial charge on any atom is -0.493 e. The number of ether oxygens (including phenoxy) is 1. The lowest BCUT2D eigenvalue weighted by Gasteiger charge is -2.10. The predicted molar refractivity (Wildman–Crippen MR) is 98.0 cm³/mol. The lowest BCUT2D eigenvalue weighted by molar-refractivity contribution is -0.127. The monoisotopic (exact) mass is 376 g/mol.